The molecular weight excluding hydrogens is 344 g/mol. The quantitative estimate of drug-likeness (QED) is 0.742. The van der Waals surface area contributed by atoms with E-state index in [1.807, 2.05) is 6.07 Å². The van der Waals surface area contributed by atoms with Gasteiger partial charge in [-0.3, -0.25) is 14.4 Å². The highest BCUT2D eigenvalue weighted by atomic mass is 35.5. The third kappa shape index (κ3) is 4.93. The lowest BCUT2D eigenvalue weighted by Crippen LogP contribution is -2.44. The molecule has 1 aromatic rings. The molecule has 3 rings (SSSR count). The Hall–Kier alpha value is -2.12. The van der Waals surface area contributed by atoms with Gasteiger partial charge in [0, 0.05) is 18.9 Å². The first kappa shape index (κ1) is 19.2. The van der Waals surface area contributed by atoms with Crippen molar-refractivity contribution in [1.82, 2.24) is 10.6 Å². The van der Waals surface area contributed by atoms with Crippen LogP contribution in [0, 0.1) is 0 Å². The molecule has 1 fully saturated rings. The number of benzene rings is 1. The number of hydrogen-bond donors (Lipinski definition) is 3. The third-order valence-electron chi connectivity index (χ3n) is 4.34. The van der Waals surface area contributed by atoms with E-state index in [9.17, 15) is 14.4 Å². The summed E-state index contributed by atoms with van der Waals surface area (Å²) in [7, 11) is 0. The van der Waals surface area contributed by atoms with Crippen molar-refractivity contribution >= 4 is 41.5 Å². The second kappa shape index (κ2) is 8.82. The fourth-order valence-electron chi connectivity index (χ4n) is 3.08. The summed E-state index contributed by atoms with van der Waals surface area (Å²) in [6.45, 7) is 1.80. The van der Waals surface area contributed by atoms with Crippen LogP contribution in [0.25, 0.3) is 0 Å². The molecule has 1 saturated heterocycles. The molecule has 3 N–H and O–H groups in total. The Bertz CT molecular complexity index is 647. The SMILES string of the molecule is Cl.O=C1CN(C(=O)CCC(=O)NC2CCNCC2)c2ccccc2N1. The number of nitrogens with zero attached hydrogens (tertiary/aromatic N) is 1. The van der Waals surface area contributed by atoms with Crippen molar-refractivity contribution in [2.75, 3.05) is 29.9 Å². The molecule has 7 nitrogen and oxygen atoms in total. The maximum absolute atomic E-state index is 12.5. The van der Waals surface area contributed by atoms with Crippen LogP contribution in [0.3, 0.4) is 0 Å². The summed E-state index contributed by atoms with van der Waals surface area (Å²) in [4.78, 5) is 37.7. The van der Waals surface area contributed by atoms with Gasteiger partial charge in [0.2, 0.25) is 17.7 Å². The Labute approximate surface area is 152 Å². The molecule has 136 valence electrons. The zero-order valence-electron chi connectivity index (χ0n) is 13.9. The van der Waals surface area contributed by atoms with Crippen molar-refractivity contribution in [2.24, 2.45) is 0 Å². The highest BCUT2D eigenvalue weighted by Gasteiger charge is 2.26. The lowest BCUT2D eigenvalue weighted by atomic mass is 10.1. The molecule has 2 aliphatic rings. The smallest absolute Gasteiger partial charge is 0.244 e. The number of para-hydroxylation sites is 2. The Morgan fingerprint density at radius 1 is 1.16 bits per heavy atom. The van der Waals surface area contributed by atoms with Crippen LogP contribution in [0.1, 0.15) is 25.7 Å². The number of halogens is 1. The van der Waals surface area contributed by atoms with Crippen LogP contribution in [0.4, 0.5) is 11.4 Å². The Morgan fingerprint density at radius 2 is 1.88 bits per heavy atom. The van der Waals surface area contributed by atoms with Crippen LogP contribution in [0.2, 0.25) is 0 Å². The summed E-state index contributed by atoms with van der Waals surface area (Å²) < 4.78 is 0. The van der Waals surface area contributed by atoms with E-state index in [1.54, 1.807) is 18.2 Å². The number of hydrogen-bond acceptors (Lipinski definition) is 4. The van der Waals surface area contributed by atoms with Gasteiger partial charge in [0.25, 0.3) is 0 Å². The lowest BCUT2D eigenvalue weighted by molar-refractivity contribution is -0.126. The highest BCUT2D eigenvalue weighted by Crippen LogP contribution is 2.29. The van der Waals surface area contributed by atoms with Crippen LogP contribution in [0.5, 0.6) is 0 Å². The largest absolute Gasteiger partial charge is 0.353 e. The van der Waals surface area contributed by atoms with Gasteiger partial charge in [-0.05, 0) is 38.1 Å². The van der Waals surface area contributed by atoms with Gasteiger partial charge < -0.3 is 20.9 Å². The van der Waals surface area contributed by atoms with E-state index in [1.165, 1.54) is 4.90 Å². The van der Waals surface area contributed by atoms with Crippen molar-refractivity contribution < 1.29 is 14.4 Å². The minimum Gasteiger partial charge on any atom is -0.353 e. The van der Waals surface area contributed by atoms with Crippen LogP contribution in [0.15, 0.2) is 24.3 Å². The van der Waals surface area contributed by atoms with Crippen LogP contribution in [-0.2, 0) is 14.4 Å². The standard InChI is InChI=1S/C17H22N4O3.ClH/c22-15(19-12-7-9-18-10-8-12)5-6-17(24)21-11-16(23)20-13-3-1-2-4-14(13)21;/h1-4,12,18H,5-11H2,(H,19,22)(H,20,23);1H. The molecule has 0 aromatic heterocycles. The summed E-state index contributed by atoms with van der Waals surface area (Å²) in [6, 6.07) is 7.37. The van der Waals surface area contributed by atoms with Gasteiger partial charge in [-0.25, -0.2) is 0 Å². The van der Waals surface area contributed by atoms with Crippen LogP contribution >= 0.6 is 12.4 Å². The number of nitrogens with one attached hydrogen (secondary N) is 3. The van der Waals surface area contributed by atoms with E-state index in [4.69, 9.17) is 0 Å². The molecule has 8 heteroatoms. The Balaban J connectivity index is 0.00000225. The van der Waals surface area contributed by atoms with Gasteiger partial charge in [0.05, 0.1) is 11.4 Å². The number of rotatable bonds is 4. The van der Waals surface area contributed by atoms with E-state index in [-0.39, 0.29) is 55.6 Å². The van der Waals surface area contributed by atoms with Crippen LogP contribution in [-0.4, -0.2) is 43.4 Å². The van der Waals surface area contributed by atoms with Crippen molar-refractivity contribution in [2.45, 2.75) is 31.7 Å². The third-order valence-corrected chi connectivity index (χ3v) is 4.34. The lowest BCUT2D eigenvalue weighted by Gasteiger charge is -2.29. The normalized spacial score (nSPS) is 17.1. The minimum absolute atomic E-state index is 0. The van der Waals surface area contributed by atoms with Crippen molar-refractivity contribution in [3.05, 3.63) is 24.3 Å². The van der Waals surface area contributed by atoms with Gasteiger partial charge >= 0.3 is 0 Å². The second-order valence-corrected chi connectivity index (χ2v) is 6.14. The van der Waals surface area contributed by atoms with E-state index >= 15 is 0 Å². The van der Waals surface area contributed by atoms with E-state index in [2.05, 4.69) is 16.0 Å². The van der Waals surface area contributed by atoms with E-state index in [0.29, 0.717) is 11.4 Å². The molecule has 0 radical (unpaired) electrons. The fraction of sp³-hybridized carbons (Fsp3) is 0.471. The zero-order chi connectivity index (χ0) is 16.9. The van der Waals surface area contributed by atoms with E-state index in [0.717, 1.165) is 25.9 Å². The predicted molar refractivity (Wildman–Crippen MR) is 97.9 cm³/mol. The Kier molecular flexibility index (Phi) is 6.78. The maximum Gasteiger partial charge on any atom is 0.244 e. The summed E-state index contributed by atoms with van der Waals surface area (Å²) in [5, 5.41) is 8.97. The number of amides is 3. The summed E-state index contributed by atoms with van der Waals surface area (Å²) in [6.07, 6.45) is 2.07. The van der Waals surface area contributed by atoms with Crippen molar-refractivity contribution in [1.29, 1.82) is 0 Å². The number of carbonyl (C=O) groups excluding carboxylic acids is 3. The molecule has 3 amide bonds. The molecule has 0 saturated carbocycles. The molecular formula is C17H23ClN4O3. The van der Waals surface area contributed by atoms with Crippen molar-refractivity contribution in [3.63, 3.8) is 0 Å². The summed E-state index contributed by atoms with van der Waals surface area (Å²) in [5.41, 5.74) is 1.31. The highest BCUT2D eigenvalue weighted by molar-refractivity contribution is 6.10. The topological polar surface area (TPSA) is 90.5 Å². The van der Waals surface area contributed by atoms with Gasteiger partial charge in [-0.15, -0.1) is 12.4 Å². The molecule has 2 aliphatic heterocycles. The molecule has 1 aromatic carbocycles. The summed E-state index contributed by atoms with van der Waals surface area (Å²) in [5.74, 6) is -0.538. The molecule has 0 bridgehead atoms. The van der Waals surface area contributed by atoms with Gasteiger partial charge in [0.15, 0.2) is 0 Å². The average Bonchev–Trinajstić information content (AvgIpc) is 2.59. The fourth-order valence-corrected chi connectivity index (χ4v) is 3.08. The minimum atomic E-state index is -0.221. The second-order valence-electron chi connectivity index (χ2n) is 6.14. The molecule has 25 heavy (non-hydrogen) atoms. The van der Waals surface area contributed by atoms with Crippen molar-refractivity contribution in [3.8, 4) is 0 Å². The predicted octanol–water partition coefficient (Wildman–Crippen LogP) is 1.04. The van der Waals surface area contributed by atoms with E-state index < -0.39 is 0 Å². The molecule has 0 spiro atoms. The molecule has 0 atom stereocenters. The summed E-state index contributed by atoms with van der Waals surface area (Å²) >= 11 is 0. The first-order chi connectivity index (χ1) is 11.6. The monoisotopic (exact) mass is 366 g/mol. The maximum atomic E-state index is 12.5. The number of piperidine rings is 1. The first-order valence-electron chi connectivity index (χ1n) is 8.33. The molecule has 2 heterocycles. The first-order valence-corrected chi connectivity index (χ1v) is 8.33. The number of carbonyl (C=O) groups is 3. The molecule has 0 unspecified atom stereocenters. The van der Waals surface area contributed by atoms with Gasteiger partial charge in [-0.1, -0.05) is 12.1 Å². The van der Waals surface area contributed by atoms with Gasteiger partial charge in [-0.2, -0.15) is 0 Å². The van der Waals surface area contributed by atoms with Gasteiger partial charge in [0.1, 0.15) is 6.54 Å². The van der Waals surface area contributed by atoms with Crippen LogP contribution < -0.4 is 20.9 Å². The molecule has 0 aliphatic carbocycles. The average molecular weight is 367 g/mol. The Morgan fingerprint density at radius 3 is 2.64 bits per heavy atom. The zero-order valence-corrected chi connectivity index (χ0v) is 14.7. The number of anilines is 2. The number of fused-ring (bicyclic) bond motifs is 1.